The standard InChI is InChI=1S/C20H16N4O4/c1-23(11-16-21-18(22-28-16)13-7-3-2-4-8-13)17(25)12-24-19(26)14-9-5-6-10-15(14)20(24)27/h2-10H,11-12H2,1H3. The van der Waals surface area contributed by atoms with Gasteiger partial charge < -0.3 is 9.42 Å². The molecule has 3 aromatic rings. The molecule has 0 N–H and O–H groups in total. The fourth-order valence-corrected chi connectivity index (χ4v) is 2.95. The van der Waals surface area contributed by atoms with Gasteiger partial charge in [-0.1, -0.05) is 47.6 Å². The first-order chi connectivity index (χ1) is 13.5. The third-order valence-corrected chi connectivity index (χ3v) is 4.47. The summed E-state index contributed by atoms with van der Waals surface area (Å²) in [5.41, 5.74) is 1.43. The van der Waals surface area contributed by atoms with Gasteiger partial charge in [0, 0.05) is 12.6 Å². The SMILES string of the molecule is CN(Cc1nc(-c2ccccc2)no1)C(=O)CN1C(=O)c2ccccc2C1=O. The number of benzene rings is 2. The highest BCUT2D eigenvalue weighted by molar-refractivity contribution is 6.22. The van der Waals surface area contributed by atoms with E-state index in [0.29, 0.717) is 17.0 Å². The molecular weight excluding hydrogens is 360 g/mol. The molecule has 0 aliphatic carbocycles. The molecule has 2 aromatic carbocycles. The summed E-state index contributed by atoms with van der Waals surface area (Å²) in [6.07, 6.45) is 0. The predicted molar refractivity (Wildman–Crippen MR) is 98.0 cm³/mol. The first kappa shape index (κ1) is 17.6. The number of carbonyl (C=O) groups excluding carboxylic acids is 3. The molecule has 0 saturated carbocycles. The van der Waals surface area contributed by atoms with Crippen molar-refractivity contribution in [2.45, 2.75) is 6.54 Å². The highest BCUT2D eigenvalue weighted by atomic mass is 16.5. The van der Waals surface area contributed by atoms with Crippen molar-refractivity contribution < 1.29 is 18.9 Å². The number of hydrogen-bond acceptors (Lipinski definition) is 6. The van der Waals surface area contributed by atoms with Crippen LogP contribution in [0.3, 0.4) is 0 Å². The summed E-state index contributed by atoms with van der Waals surface area (Å²) < 4.78 is 5.20. The second-order valence-electron chi connectivity index (χ2n) is 6.37. The number of aromatic nitrogens is 2. The molecule has 0 unspecified atom stereocenters. The third kappa shape index (κ3) is 3.16. The van der Waals surface area contributed by atoms with Crippen LogP contribution in [0.1, 0.15) is 26.6 Å². The zero-order valence-electron chi connectivity index (χ0n) is 15.0. The monoisotopic (exact) mass is 376 g/mol. The minimum absolute atomic E-state index is 0.0713. The number of amides is 3. The summed E-state index contributed by atoms with van der Waals surface area (Å²) in [5, 5.41) is 3.91. The number of likely N-dealkylation sites (N-methyl/N-ethyl adjacent to an activating group) is 1. The molecule has 1 aliphatic heterocycles. The normalized spacial score (nSPS) is 13.0. The van der Waals surface area contributed by atoms with Crippen molar-refractivity contribution in [1.29, 1.82) is 0 Å². The molecule has 28 heavy (non-hydrogen) atoms. The number of rotatable bonds is 5. The molecule has 0 bridgehead atoms. The highest BCUT2D eigenvalue weighted by Crippen LogP contribution is 2.22. The van der Waals surface area contributed by atoms with Crippen LogP contribution < -0.4 is 0 Å². The molecule has 4 rings (SSSR count). The van der Waals surface area contributed by atoms with E-state index in [2.05, 4.69) is 10.1 Å². The zero-order valence-corrected chi connectivity index (χ0v) is 15.0. The smallest absolute Gasteiger partial charge is 0.262 e. The molecule has 3 amide bonds. The first-order valence-electron chi connectivity index (χ1n) is 8.62. The fraction of sp³-hybridized carbons (Fsp3) is 0.150. The van der Waals surface area contributed by atoms with Crippen LogP contribution in [0, 0.1) is 0 Å². The minimum Gasteiger partial charge on any atom is -0.337 e. The van der Waals surface area contributed by atoms with Crippen molar-refractivity contribution in [2.75, 3.05) is 13.6 Å². The summed E-state index contributed by atoms with van der Waals surface area (Å²) in [5.74, 6) is -0.652. The van der Waals surface area contributed by atoms with Crippen LogP contribution in [-0.2, 0) is 11.3 Å². The topological polar surface area (TPSA) is 96.6 Å². The van der Waals surface area contributed by atoms with Crippen molar-refractivity contribution in [2.24, 2.45) is 0 Å². The summed E-state index contributed by atoms with van der Waals surface area (Å²) in [7, 11) is 1.55. The van der Waals surface area contributed by atoms with E-state index in [1.165, 1.54) is 4.90 Å². The van der Waals surface area contributed by atoms with Gasteiger partial charge in [0.2, 0.25) is 17.6 Å². The molecule has 0 saturated heterocycles. The lowest BCUT2D eigenvalue weighted by Crippen LogP contribution is -2.41. The van der Waals surface area contributed by atoms with Crippen LogP contribution in [0.2, 0.25) is 0 Å². The molecule has 0 atom stereocenters. The molecule has 8 heteroatoms. The highest BCUT2D eigenvalue weighted by Gasteiger charge is 2.36. The van der Waals surface area contributed by atoms with E-state index in [9.17, 15) is 14.4 Å². The zero-order chi connectivity index (χ0) is 19.7. The summed E-state index contributed by atoms with van der Waals surface area (Å²) in [6, 6.07) is 15.8. The Kier molecular flexibility index (Phi) is 4.44. The summed E-state index contributed by atoms with van der Waals surface area (Å²) >= 11 is 0. The molecule has 2 heterocycles. The quantitative estimate of drug-likeness (QED) is 0.632. The van der Waals surface area contributed by atoms with Gasteiger partial charge in [0.05, 0.1) is 17.7 Å². The first-order valence-corrected chi connectivity index (χ1v) is 8.62. The van der Waals surface area contributed by atoms with Crippen LogP contribution in [0.25, 0.3) is 11.4 Å². The number of fused-ring (bicyclic) bond motifs is 1. The Bertz CT molecular complexity index is 1030. The van der Waals surface area contributed by atoms with Crippen molar-refractivity contribution >= 4 is 17.7 Å². The second kappa shape index (κ2) is 7.07. The van der Waals surface area contributed by atoms with Crippen LogP contribution >= 0.6 is 0 Å². The van der Waals surface area contributed by atoms with E-state index in [0.717, 1.165) is 10.5 Å². The minimum atomic E-state index is -0.466. The molecule has 0 spiro atoms. The Morgan fingerprint density at radius 1 is 1.00 bits per heavy atom. The van der Waals surface area contributed by atoms with Gasteiger partial charge in [-0.15, -0.1) is 0 Å². The molecule has 140 valence electrons. The van der Waals surface area contributed by atoms with Crippen molar-refractivity contribution in [3.05, 3.63) is 71.6 Å². The Morgan fingerprint density at radius 3 is 2.25 bits per heavy atom. The maximum atomic E-state index is 12.5. The largest absolute Gasteiger partial charge is 0.337 e. The van der Waals surface area contributed by atoms with Gasteiger partial charge in [0.15, 0.2) is 0 Å². The summed E-state index contributed by atoms with van der Waals surface area (Å²) in [6.45, 7) is -0.273. The maximum Gasteiger partial charge on any atom is 0.262 e. The van der Waals surface area contributed by atoms with Crippen LogP contribution in [-0.4, -0.2) is 51.3 Å². The number of hydrogen-bond donors (Lipinski definition) is 0. The lowest BCUT2D eigenvalue weighted by molar-refractivity contribution is -0.131. The Hall–Kier alpha value is -3.81. The second-order valence-corrected chi connectivity index (χ2v) is 6.37. The lowest BCUT2D eigenvalue weighted by atomic mass is 10.1. The Morgan fingerprint density at radius 2 is 1.61 bits per heavy atom. The van der Waals surface area contributed by atoms with Crippen LogP contribution in [0.15, 0.2) is 59.1 Å². The van der Waals surface area contributed by atoms with Crippen LogP contribution in [0.4, 0.5) is 0 Å². The molecule has 0 radical (unpaired) electrons. The molecule has 8 nitrogen and oxygen atoms in total. The average Bonchev–Trinajstić information content (AvgIpc) is 3.28. The third-order valence-electron chi connectivity index (χ3n) is 4.47. The van der Waals surface area contributed by atoms with Gasteiger partial charge in [0.25, 0.3) is 11.8 Å². The summed E-state index contributed by atoms with van der Waals surface area (Å²) in [4.78, 5) is 43.8. The van der Waals surface area contributed by atoms with E-state index in [-0.39, 0.29) is 19.0 Å². The van der Waals surface area contributed by atoms with Gasteiger partial charge in [-0.25, -0.2) is 0 Å². The van der Waals surface area contributed by atoms with Gasteiger partial charge in [-0.05, 0) is 12.1 Å². The van der Waals surface area contributed by atoms with Gasteiger partial charge in [-0.3, -0.25) is 19.3 Å². The molecule has 1 aromatic heterocycles. The Labute approximate surface area is 160 Å². The van der Waals surface area contributed by atoms with Crippen molar-refractivity contribution in [3.8, 4) is 11.4 Å². The van der Waals surface area contributed by atoms with Gasteiger partial charge in [0.1, 0.15) is 6.54 Å². The van der Waals surface area contributed by atoms with Gasteiger partial charge in [-0.2, -0.15) is 4.98 Å². The number of imide groups is 1. The average molecular weight is 376 g/mol. The molecular formula is C20H16N4O4. The number of nitrogens with zero attached hydrogens (tertiary/aromatic N) is 4. The maximum absolute atomic E-state index is 12.5. The van der Waals surface area contributed by atoms with Crippen LogP contribution in [0.5, 0.6) is 0 Å². The number of carbonyl (C=O) groups is 3. The van der Waals surface area contributed by atoms with E-state index < -0.39 is 17.7 Å². The van der Waals surface area contributed by atoms with Gasteiger partial charge >= 0.3 is 0 Å². The van der Waals surface area contributed by atoms with E-state index in [4.69, 9.17) is 4.52 Å². The molecule has 1 aliphatic rings. The van der Waals surface area contributed by atoms with E-state index in [1.54, 1.807) is 31.3 Å². The fourth-order valence-electron chi connectivity index (χ4n) is 2.95. The van der Waals surface area contributed by atoms with E-state index >= 15 is 0 Å². The molecule has 0 fully saturated rings. The lowest BCUT2D eigenvalue weighted by Gasteiger charge is -2.19. The predicted octanol–water partition coefficient (Wildman–Crippen LogP) is 1.99. The van der Waals surface area contributed by atoms with Crippen molar-refractivity contribution in [1.82, 2.24) is 19.9 Å². The van der Waals surface area contributed by atoms with E-state index in [1.807, 2.05) is 30.3 Å². The van der Waals surface area contributed by atoms with Crippen molar-refractivity contribution in [3.63, 3.8) is 0 Å². The Balaban J connectivity index is 1.42.